The molecule has 112 valence electrons. The molecule has 4 heteroatoms. The zero-order valence-corrected chi connectivity index (χ0v) is 13.5. The van der Waals surface area contributed by atoms with Crippen LogP contribution in [0.5, 0.6) is 0 Å². The first-order valence-corrected chi connectivity index (χ1v) is 8.95. The SMILES string of the molecule is CCC1CN(Cc2cc(CNC3CC3)oc2C)CCS1. The van der Waals surface area contributed by atoms with Gasteiger partial charge < -0.3 is 9.73 Å². The van der Waals surface area contributed by atoms with Crippen LogP contribution in [0.1, 0.15) is 43.3 Å². The highest BCUT2D eigenvalue weighted by atomic mass is 32.2. The molecule has 1 aromatic rings. The van der Waals surface area contributed by atoms with E-state index < -0.39 is 0 Å². The van der Waals surface area contributed by atoms with Gasteiger partial charge in [-0.3, -0.25) is 4.90 Å². The van der Waals surface area contributed by atoms with Gasteiger partial charge in [-0.2, -0.15) is 11.8 Å². The van der Waals surface area contributed by atoms with Crippen molar-refractivity contribution >= 4 is 11.8 Å². The van der Waals surface area contributed by atoms with Gasteiger partial charge >= 0.3 is 0 Å². The third kappa shape index (κ3) is 3.80. The van der Waals surface area contributed by atoms with Crippen LogP contribution in [-0.2, 0) is 13.1 Å². The van der Waals surface area contributed by atoms with E-state index in [-0.39, 0.29) is 0 Å². The van der Waals surface area contributed by atoms with Crippen molar-refractivity contribution in [2.75, 3.05) is 18.8 Å². The Morgan fingerprint density at radius 2 is 2.30 bits per heavy atom. The van der Waals surface area contributed by atoms with Crippen LogP contribution in [0, 0.1) is 6.92 Å². The third-order valence-electron chi connectivity index (χ3n) is 4.29. The number of nitrogens with zero attached hydrogens (tertiary/aromatic N) is 1. The van der Waals surface area contributed by atoms with E-state index in [2.05, 4.69) is 41.9 Å². The van der Waals surface area contributed by atoms with Crippen molar-refractivity contribution in [3.8, 4) is 0 Å². The van der Waals surface area contributed by atoms with Gasteiger partial charge in [0.15, 0.2) is 0 Å². The van der Waals surface area contributed by atoms with E-state index in [1.807, 2.05) is 0 Å². The number of hydrogen-bond donors (Lipinski definition) is 1. The molecule has 1 unspecified atom stereocenters. The lowest BCUT2D eigenvalue weighted by Gasteiger charge is -2.31. The number of thioether (sulfide) groups is 1. The fraction of sp³-hybridized carbons (Fsp3) is 0.750. The molecule has 3 nitrogen and oxygen atoms in total. The molecule has 1 saturated heterocycles. The number of furan rings is 1. The second-order valence-corrected chi connectivity index (χ2v) is 7.49. The standard InChI is InChI=1S/C16H26N2OS/c1-3-16-11-18(6-7-20-16)10-13-8-15(19-12(13)2)9-17-14-4-5-14/h8,14,16-17H,3-7,9-11H2,1-2H3. The molecule has 1 atom stereocenters. The van der Waals surface area contributed by atoms with Gasteiger partial charge in [0.2, 0.25) is 0 Å². The van der Waals surface area contributed by atoms with E-state index in [0.29, 0.717) is 0 Å². The molecule has 2 aliphatic rings. The van der Waals surface area contributed by atoms with Gasteiger partial charge in [0.25, 0.3) is 0 Å². The van der Waals surface area contributed by atoms with Crippen molar-refractivity contribution in [1.82, 2.24) is 10.2 Å². The second-order valence-electron chi connectivity index (χ2n) is 6.09. The molecule has 2 heterocycles. The van der Waals surface area contributed by atoms with E-state index in [1.165, 1.54) is 43.7 Å². The maximum absolute atomic E-state index is 5.89. The molecule has 1 saturated carbocycles. The molecule has 0 aromatic carbocycles. The highest BCUT2D eigenvalue weighted by Gasteiger charge is 2.22. The molecule has 3 rings (SSSR count). The van der Waals surface area contributed by atoms with Gasteiger partial charge in [0.1, 0.15) is 11.5 Å². The summed E-state index contributed by atoms with van der Waals surface area (Å²) in [5, 5.41) is 4.33. The number of nitrogens with one attached hydrogen (secondary N) is 1. The maximum Gasteiger partial charge on any atom is 0.118 e. The summed E-state index contributed by atoms with van der Waals surface area (Å²) in [6.45, 7) is 8.77. The quantitative estimate of drug-likeness (QED) is 0.872. The molecular weight excluding hydrogens is 268 g/mol. The average molecular weight is 294 g/mol. The van der Waals surface area contributed by atoms with E-state index in [0.717, 1.165) is 35.9 Å². The number of rotatable bonds is 6. The molecule has 20 heavy (non-hydrogen) atoms. The van der Waals surface area contributed by atoms with Gasteiger partial charge in [-0.25, -0.2) is 0 Å². The van der Waals surface area contributed by atoms with Crippen LogP contribution >= 0.6 is 11.8 Å². The summed E-state index contributed by atoms with van der Waals surface area (Å²) in [6, 6.07) is 3.00. The minimum absolute atomic E-state index is 0.744. The molecule has 1 aliphatic carbocycles. The van der Waals surface area contributed by atoms with Gasteiger partial charge in [-0.05, 0) is 32.3 Å². The van der Waals surface area contributed by atoms with Crippen molar-refractivity contribution in [1.29, 1.82) is 0 Å². The lowest BCUT2D eigenvalue weighted by Crippen LogP contribution is -2.37. The fourth-order valence-corrected chi connectivity index (χ4v) is 4.02. The summed E-state index contributed by atoms with van der Waals surface area (Å²) in [5.74, 6) is 3.47. The normalized spacial score (nSPS) is 24.2. The molecular formula is C16H26N2OS. The monoisotopic (exact) mass is 294 g/mol. The second kappa shape index (κ2) is 6.54. The van der Waals surface area contributed by atoms with E-state index in [4.69, 9.17) is 4.42 Å². The Labute approximate surface area is 126 Å². The highest BCUT2D eigenvalue weighted by molar-refractivity contribution is 8.00. The van der Waals surface area contributed by atoms with Crippen molar-refractivity contribution in [3.05, 3.63) is 23.2 Å². The molecule has 1 N–H and O–H groups in total. The Balaban J connectivity index is 1.55. The van der Waals surface area contributed by atoms with Gasteiger partial charge in [0.05, 0.1) is 6.54 Å². The Kier molecular flexibility index (Phi) is 4.74. The van der Waals surface area contributed by atoms with Gasteiger partial charge in [-0.15, -0.1) is 0 Å². The van der Waals surface area contributed by atoms with Crippen molar-refractivity contribution in [2.24, 2.45) is 0 Å². The number of hydrogen-bond acceptors (Lipinski definition) is 4. The molecule has 0 amide bonds. The Morgan fingerprint density at radius 1 is 1.45 bits per heavy atom. The zero-order valence-electron chi connectivity index (χ0n) is 12.7. The van der Waals surface area contributed by atoms with Crippen LogP contribution < -0.4 is 5.32 Å². The van der Waals surface area contributed by atoms with Crippen LogP contribution in [0.25, 0.3) is 0 Å². The predicted octanol–water partition coefficient (Wildman–Crippen LogP) is 3.17. The van der Waals surface area contributed by atoms with Crippen molar-refractivity contribution in [3.63, 3.8) is 0 Å². The summed E-state index contributed by atoms with van der Waals surface area (Å²) in [7, 11) is 0. The molecule has 0 bridgehead atoms. The van der Waals surface area contributed by atoms with Gasteiger partial charge in [-0.1, -0.05) is 6.92 Å². The zero-order chi connectivity index (χ0) is 13.9. The Hall–Kier alpha value is -0.450. The Morgan fingerprint density at radius 3 is 3.05 bits per heavy atom. The van der Waals surface area contributed by atoms with E-state index in [1.54, 1.807) is 0 Å². The Bertz CT molecular complexity index is 442. The average Bonchev–Trinajstić information content (AvgIpc) is 3.22. The number of aryl methyl sites for hydroxylation is 1. The molecule has 1 aromatic heterocycles. The first-order chi connectivity index (χ1) is 9.74. The van der Waals surface area contributed by atoms with E-state index in [9.17, 15) is 0 Å². The van der Waals surface area contributed by atoms with E-state index >= 15 is 0 Å². The lowest BCUT2D eigenvalue weighted by atomic mass is 10.2. The van der Waals surface area contributed by atoms with Crippen LogP contribution in [0.2, 0.25) is 0 Å². The molecule has 0 spiro atoms. The third-order valence-corrected chi connectivity index (χ3v) is 5.66. The topological polar surface area (TPSA) is 28.4 Å². The van der Waals surface area contributed by atoms with Gasteiger partial charge in [0, 0.05) is 42.2 Å². The fourth-order valence-electron chi connectivity index (χ4n) is 2.78. The largest absolute Gasteiger partial charge is 0.465 e. The summed E-state index contributed by atoms with van der Waals surface area (Å²) in [5.41, 5.74) is 1.37. The van der Waals surface area contributed by atoms with Crippen LogP contribution in [0.3, 0.4) is 0 Å². The minimum Gasteiger partial charge on any atom is -0.465 e. The van der Waals surface area contributed by atoms with Crippen LogP contribution in [0.4, 0.5) is 0 Å². The highest BCUT2D eigenvalue weighted by Crippen LogP contribution is 2.25. The molecule has 2 fully saturated rings. The van der Waals surface area contributed by atoms with Crippen molar-refractivity contribution < 1.29 is 4.42 Å². The molecule has 1 aliphatic heterocycles. The summed E-state index contributed by atoms with van der Waals surface area (Å²) < 4.78 is 5.89. The first-order valence-electron chi connectivity index (χ1n) is 7.90. The maximum atomic E-state index is 5.89. The van der Waals surface area contributed by atoms with Crippen molar-refractivity contribution in [2.45, 2.75) is 57.5 Å². The molecule has 0 radical (unpaired) electrons. The smallest absolute Gasteiger partial charge is 0.118 e. The summed E-state index contributed by atoms with van der Waals surface area (Å²) >= 11 is 2.13. The minimum atomic E-state index is 0.744. The lowest BCUT2D eigenvalue weighted by molar-refractivity contribution is 0.271. The predicted molar refractivity (Wildman–Crippen MR) is 85.1 cm³/mol. The van der Waals surface area contributed by atoms with Crippen LogP contribution in [-0.4, -0.2) is 35.0 Å². The summed E-state index contributed by atoms with van der Waals surface area (Å²) in [6.07, 6.45) is 3.94. The first kappa shape index (κ1) is 14.5. The summed E-state index contributed by atoms with van der Waals surface area (Å²) in [4.78, 5) is 2.58. The van der Waals surface area contributed by atoms with Crippen LogP contribution in [0.15, 0.2) is 10.5 Å².